The molecule has 1 heterocycles. The van der Waals surface area contributed by atoms with Crippen LogP contribution in [0.25, 0.3) is 5.69 Å². The van der Waals surface area contributed by atoms with Gasteiger partial charge in [-0.25, -0.2) is 9.36 Å². The number of hydrogen-bond donors (Lipinski definition) is 1. The molecule has 100 valence electrons. The Hall–Kier alpha value is -2.01. The van der Waals surface area contributed by atoms with Crippen LogP contribution in [-0.4, -0.2) is 16.7 Å². The smallest absolute Gasteiger partial charge is 0.334 e. The van der Waals surface area contributed by atoms with Crippen LogP contribution >= 0.6 is 11.6 Å². The quantitative estimate of drug-likeness (QED) is 0.853. The Kier molecular flexibility index (Phi) is 3.48. The third-order valence-electron chi connectivity index (χ3n) is 2.91. The summed E-state index contributed by atoms with van der Waals surface area (Å²) < 4.78 is 6.19. The van der Waals surface area contributed by atoms with Crippen LogP contribution in [0.1, 0.15) is 11.1 Å². The summed E-state index contributed by atoms with van der Waals surface area (Å²) in [6.45, 7) is 3.40. The first-order chi connectivity index (χ1) is 8.95. The fourth-order valence-electron chi connectivity index (χ4n) is 1.83. The highest BCUT2D eigenvalue weighted by atomic mass is 35.5. The number of rotatable bonds is 2. The van der Waals surface area contributed by atoms with E-state index < -0.39 is 11.2 Å². The predicted molar refractivity (Wildman–Crippen MR) is 73.7 cm³/mol. The van der Waals surface area contributed by atoms with Gasteiger partial charge in [-0.2, -0.15) is 0 Å². The van der Waals surface area contributed by atoms with Gasteiger partial charge in [0.15, 0.2) is 0 Å². The van der Waals surface area contributed by atoms with E-state index in [-0.39, 0.29) is 5.15 Å². The third-order valence-corrected chi connectivity index (χ3v) is 3.29. The highest BCUT2D eigenvalue weighted by Crippen LogP contribution is 2.19. The molecule has 0 aliphatic carbocycles. The zero-order chi connectivity index (χ0) is 14.2. The lowest BCUT2D eigenvalue weighted by Crippen LogP contribution is -2.35. The van der Waals surface area contributed by atoms with Crippen LogP contribution in [0.15, 0.2) is 27.8 Å². The molecule has 0 spiro atoms. The number of H-pyrrole nitrogens is 1. The molecule has 2 rings (SSSR count). The lowest BCUT2D eigenvalue weighted by atomic mass is 10.2. The maximum absolute atomic E-state index is 12.1. The van der Waals surface area contributed by atoms with Gasteiger partial charge in [0.05, 0.1) is 18.4 Å². The molecule has 0 amide bonds. The third kappa shape index (κ3) is 2.29. The molecule has 6 heteroatoms. The predicted octanol–water partition coefficient (Wildman–Crippen LogP) is 1.80. The van der Waals surface area contributed by atoms with Crippen LogP contribution in [0.3, 0.4) is 0 Å². The van der Waals surface area contributed by atoms with Gasteiger partial charge in [-0.3, -0.25) is 9.78 Å². The highest BCUT2D eigenvalue weighted by Gasteiger charge is 2.11. The molecule has 0 saturated heterocycles. The van der Waals surface area contributed by atoms with E-state index in [9.17, 15) is 9.59 Å². The van der Waals surface area contributed by atoms with Gasteiger partial charge >= 0.3 is 5.69 Å². The van der Waals surface area contributed by atoms with E-state index in [1.54, 1.807) is 32.2 Å². The van der Waals surface area contributed by atoms with Crippen molar-refractivity contribution >= 4 is 11.6 Å². The minimum absolute atomic E-state index is 0.0662. The highest BCUT2D eigenvalue weighted by molar-refractivity contribution is 6.30. The Morgan fingerprint density at radius 3 is 2.53 bits per heavy atom. The van der Waals surface area contributed by atoms with Crippen molar-refractivity contribution in [3.8, 4) is 11.4 Å². The van der Waals surface area contributed by atoms with Crippen molar-refractivity contribution in [2.24, 2.45) is 0 Å². The Labute approximate surface area is 114 Å². The second-order valence-corrected chi connectivity index (χ2v) is 4.54. The Bertz CT molecular complexity index is 747. The van der Waals surface area contributed by atoms with Gasteiger partial charge in [-0.05, 0) is 37.6 Å². The van der Waals surface area contributed by atoms with Crippen LogP contribution in [0, 0.1) is 13.8 Å². The number of nitrogens with one attached hydrogen (secondary N) is 1. The standard InChI is InChI=1S/C13H13ClN2O3/c1-7-6-9(4-5-10(7)19-3)16-12(17)8(2)11(14)15-13(16)18/h4-6H,1-3H3,(H,15,18). The second kappa shape index (κ2) is 4.93. The van der Waals surface area contributed by atoms with E-state index in [1.165, 1.54) is 0 Å². The minimum atomic E-state index is -0.565. The average Bonchev–Trinajstić information content (AvgIpc) is 2.36. The topological polar surface area (TPSA) is 64.1 Å². The molecule has 0 bridgehead atoms. The number of aryl methyl sites for hydroxylation is 1. The molecule has 1 N–H and O–H groups in total. The second-order valence-electron chi connectivity index (χ2n) is 4.16. The molecule has 1 aromatic heterocycles. The van der Waals surface area contributed by atoms with Crippen molar-refractivity contribution in [2.75, 3.05) is 7.11 Å². The first-order valence-electron chi connectivity index (χ1n) is 5.62. The largest absolute Gasteiger partial charge is 0.496 e. The number of aromatic nitrogens is 2. The van der Waals surface area contributed by atoms with Crippen LogP contribution in [0.2, 0.25) is 5.15 Å². The Balaban J connectivity index is 2.73. The minimum Gasteiger partial charge on any atom is -0.496 e. The summed E-state index contributed by atoms with van der Waals surface area (Å²) in [7, 11) is 1.56. The molecule has 19 heavy (non-hydrogen) atoms. The van der Waals surface area contributed by atoms with Crippen LogP contribution < -0.4 is 16.0 Å². The number of aromatic amines is 1. The molecule has 0 unspecified atom stereocenters. The van der Waals surface area contributed by atoms with Crippen LogP contribution in [-0.2, 0) is 0 Å². The van der Waals surface area contributed by atoms with Gasteiger partial charge in [-0.15, -0.1) is 0 Å². The monoisotopic (exact) mass is 280 g/mol. The van der Waals surface area contributed by atoms with Crippen molar-refractivity contribution < 1.29 is 4.74 Å². The van der Waals surface area contributed by atoms with Gasteiger partial charge < -0.3 is 4.74 Å². The molecule has 0 atom stereocenters. The van der Waals surface area contributed by atoms with Crippen LogP contribution in [0.5, 0.6) is 5.75 Å². The van der Waals surface area contributed by atoms with Crippen molar-refractivity contribution in [3.63, 3.8) is 0 Å². The molecular weight excluding hydrogens is 268 g/mol. The molecular formula is C13H13ClN2O3. The molecule has 1 aromatic carbocycles. The van der Waals surface area contributed by atoms with Crippen molar-refractivity contribution in [3.05, 3.63) is 55.3 Å². The number of hydrogen-bond acceptors (Lipinski definition) is 3. The van der Waals surface area contributed by atoms with Gasteiger partial charge in [0, 0.05) is 0 Å². The normalized spacial score (nSPS) is 10.5. The van der Waals surface area contributed by atoms with Crippen molar-refractivity contribution in [2.45, 2.75) is 13.8 Å². The van der Waals surface area contributed by atoms with E-state index in [1.807, 2.05) is 6.92 Å². The number of benzene rings is 1. The van der Waals surface area contributed by atoms with Gasteiger partial charge in [-0.1, -0.05) is 11.6 Å². The number of nitrogens with zero attached hydrogens (tertiary/aromatic N) is 1. The van der Waals surface area contributed by atoms with E-state index >= 15 is 0 Å². The average molecular weight is 281 g/mol. The lowest BCUT2D eigenvalue weighted by molar-refractivity contribution is 0.411. The maximum atomic E-state index is 12.1. The fourth-order valence-corrected chi connectivity index (χ4v) is 2.00. The first-order valence-corrected chi connectivity index (χ1v) is 6.00. The zero-order valence-corrected chi connectivity index (χ0v) is 11.5. The van der Waals surface area contributed by atoms with Gasteiger partial charge in [0.2, 0.25) is 0 Å². The number of halogens is 1. The summed E-state index contributed by atoms with van der Waals surface area (Å²) in [6.07, 6.45) is 0. The van der Waals surface area contributed by atoms with E-state index in [2.05, 4.69) is 4.98 Å². The summed E-state index contributed by atoms with van der Waals surface area (Å²) in [5.41, 5.74) is 0.612. The van der Waals surface area contributed by atoms with Crippen LogP contribution in [0.4, 0.5) is 0 Å². The Morgan fingerprint density at radius 1 is 1.26 bits per heavy atom. The molecule has 0 radical (unpaired) electrons. The maximum Gasteiger partial charge on any atom is 0.334 e. The summed E-state index contributed by atoms with van der Waals surface area (Å²) in [5, 5.41) is 0.0662. The van der Waals surface area contributed by atoms with Gasteiger partial charge in [0.1, 0.15) is 10.9 Å². The number of ether oxygens (including phenoxy) is 1. The summed E-state index contributed by atoms with van der Waals surface area (Å²) in [4.78, 5) is 26.4. The molecule has 0 fully saturated rings. The molecule has 5 nitrogen and oxygen atoms in total. The zero-order valence-electron chi connectivity index (χ0n) is 10.8. The van der Waals surface area contributed by atoms with Crippen molar-refractivity contribution in [1.82, 2.24) is 9.55 Å². The summed E-state index contributed by atoms with van der Waals surface area (Å²) in [5.74, 6) is 0.693. The molecule has 0 aliphatic rings. The number of methoxy groups -OCH3 is 1. The van der Waals surface area contributed by atoms with E-state index in [0.717, 1.165) is 10.1 Å². The summed E-state index contributed by atoms with van der Waals surface area (Å²) >= 11 is 5.77. The molecule has 0 saturated carbocycles. The van der Waals surface area contributed by atoms with E-state index in [0.29, 0.717) is 17.0 Å². The lowest BCUT2D eigenvalue weighted by Gasteiger charge is -2.09. The van der Waals surface area contributed by atoms with Gasteiger partial charge in [0.25, 0.3) is 5.56 Å². The molecule has 2 aromatic rings. The Morgan fingerprint density at radius 2 is 1.95 bits per heavy atom. The fraction of sp³-hybridized carbons (Fsp3) is 0.231. The van der Waals surface area contributed by atoms with E-state index in [4.69, 9.17) is 16.3 Å². The first kappa shape index (κ1) is 13.4. The SMILES string of the molecule is COc1ccc(-n2c(=O)[nH]c(Cl)c(C)c2=O)cc1C. The van der Waals surface area contributed by atoms with Crippen molar-refractivity contribution in [1.29, 1.82) is 0 Å². The molecule has 0 aliphatic heterocycles. The summed E-state index contributed by atoms with van der Waals surface area (Å²) in [6, 6.07) is 5.07.